The molecule has 1 aromatic heterocycles. The van der Waals surface area contributed by atoms with E-state index in [-0.39, 0.29) is 11.0 Å². The van der Waals surface area contributed by atoms with Gasteiger partial charge in [0.15, 0.2) is 0 Å². The second-order valence-electron chi connectivity index (χ2n) is 7.58. The quantitative estimate of drug-likeness (QED) is 0.569. The Kier molecular flexibility index (Phi) is 5.56. The first-order valence-corrected chi connectivity index (χ1v) is 8.96. The van der Waals surface area contributed by atoms with Gasteiger partial charge in [0.1, 0.15) is 17.4 Å². The maximum atomic E-state index is 13.7. The highest BCUT2D eigenvalue weighted by molar-refractivity contribution is 6.04. The number of hydrogen-bond acceptors (Lipinski definition) is 3. The molecule has 30 heavy (non-hydrogen) atoms. The number of aromatic nitrogens is 2. The predicted molar refractivity (Wildman–Crippen MR) is 103 cm³/mol. The Morgan fingerprint density at radius 2 is 1.70 bits per heavy atom. The molecule has 0 spiro atoms. The van der Waals surface area contributed by atoms with Crippen LogP contribution in [0, 0.1) is 5.82 Å². The summed E-state index contributed by atoms with van der Waals surface area (Å²) in [5.74, 6) is -1.16. The molecule has 0 aliphatic heterocycles. The molecule has 0 saturated heterocycles. The van der Waals surface area contributed by atoms with Gasteiger partial charge in [-0.25, -0.2) is 9.07 Å². The average Bonchev–Trinajstić information content (AvgIpc) is 3.05. The van der Waals surface area contributed by atoms with Crippen molar-refractivity contribution in [1.82, 2.24) is 9.78 Å². The molecule has 1 N–H and O–H groups in total. The SMILES string of the molecule is CC(C)(C)c1cc(NC(=O)c2ccc(OC(F)(F)F)cc2)n(-c2cccc(F)c2)n1. The van der Waals surface area contributed by atoms with Crippen molar-refractivity contribution in [2.24, 2.45) is 0 Å². The van der Waals surface area contributed by atoms with Crippen LogP contribution in [0.3, 0.4) is 0 Å². The topological polar surface area (TPSA) is 56.1 Å². The maximum Gasteiger partial charge on any atom is 0.573 e. The highest BCUT2D eigenvalue weighted by Gasteiger charge is 2.31. The van der Waals surface area contributed by atoms with Crippen LogP contribution in [-0.4, -0.2) is 22.1 Å². The van der Waals surface area contributed by atoms with Crippen LogP contribution in [0.4, 0.5) is 23.4 Å². The van der Waals surface area contributed by atoms with E-state index in [0.717, 1.165) is 12.1 Å². The Morgan fingerprint density at radius 3 is 2.27 bits per heavy atom. The molecule has 0 saturated carbocycles. The van der Waals surface area contributed by atoms with Gasteiger partial charge in [0, 0.05) is 17.0 Å². The van der Waals surface area contributed by atoms with E-state index in [0.29, 0.717) is 17.2 Å². The summed E-state index contributed by atoms with van der Waals surface area (Å²) >= 11 is 0. The van der Waals surface area contributed by atoms with E-state index in [2.05, 4.69) is 15.2 Å². The first-order chi connectivity index (χ1) is 13.9. The number of carbonyl (C=O) groups excluding carboxylic acids is 1. The van der Waals surface area contributed by atoms with E-state index in [1.54, 1.807) is 12.1 Å². The van der Waals surface area contributed by atoms with Gasteiger partial charge in [-0.2, -0.15) is 5.10 Å². The van der Waals surface area contributed by atoms with Crippen LogP contribution in [-0.2, 0) is 5.41 Å². The molecule has 1 amide bonds. The van der Waals surface area contributed by atoms with Crippen molar-refractivity contribution >= 4 is 11.7 Å². The molecule has 3 aromatic rings. The van der Waals surface area contributed by atoms with Gasteiger partial charge in [-0.3, -0.25) is 4.79 Å². The van der Waals surface area contributed by atoms with Gasteiger partial charge < -0.3 is 10.1 Å². The van der Waals surface area contributed by atoms with E-state index in [1.807, 2.05) is 20.8 Å². The molecule has 0 fully saturated rings. The van der Waals surface area contributed by atoms with E-state index in [4.69, 9.17) is 0 Å². The molecule has 0 unspecified atom stereocenters. The van der Waals surface area contributed by atoms with Crippen molar-refractivity contribution in [2.75, 3.05) is 5.32 Å². The fraction of sp³-hybridized carbons (Fsp3) is 0.238. The van der Waals surface area contributed by atoms with E-state index < -0.39 is 23.8 Å². The lowest BCUT2D eigenvalue weighted by atomic mass is 9.92. The zero-order valence-electron chi connectivity index (χ0n) is 16.4. The number of amides is 1. The van der Waals surface area contributed by atoms with Gasteiger partial charge >= 0.3 is 6.36 Å². The molecule has 0 atom stereocenters. The fourth-order valence-corrected chi connectivity index (χ4v) is 2.64. The third-order valence-electron chi connectivity index (χ3n) is 4.12. The van der Waals surface area contributed by atoms with Crippen molar-refractivity contribution in [2.45, 2.75) is 32.5 Å². The number of carbonyl (C=O) groups is 1. The molecule has 0 radical (unpaired) electrons. The highest BCUT2D eigenvalue weighted by atomic mass is 19.4. The Labute approximate surface area is 170 Å². The second kappa shape index (κ2) is 7.81. The van der Waals surface area contributed by atoms with Crippen LogP contribution in [0.1, 0.15) is 36.8 Å². The zero-order chi connectivity index (χ0) is 22.1. The first-order valence-electron chi connectivity index (χ1n) is 8.96. The summed E-state index contributed by atoms with van der Waals surface area (Å²) in [4.78, 5) is 12.6. The summed E-state index contributed by atoms with van der Waals surface area (Å²) in [6.07, 6.45) is -4.81. The number of alkyl halides is 3. The minimum absolute atomic E-state index is 0.119. The predicted octanol–water partition coefficient (Wildman–Crippen LogP) is 5.46. The summed E-state index contributed by atoms with van der Waals surface area (Å²) in [6.45, 7) is 5.82. The molecular weight excluding hydrogens is 402 g/mol. The Morgan fingerprint density at radius 1 is 1.03 bits per heavy atom. The summed E-state index contributed by atoms with van der Waals surface area (Å²) in [5, 5.41) is 7.17. The van der Waals surface area contributed by atoms with Gasteiger partial charge in [-0.15, -0.1) is 13.2 Å². The Bertz CT molecular complexity index is 1050. The van der Waals surface area contributed by atoms with Gasteiger partial charge in [-0.1, -0.05) is 26.8 Å². The molecule has 9 heteroatoms. The number of ether oxygens (including phenoxy) is 1. The second-order valence-corrected chi connectivity index (χ2v) is 7.58. The molecule has 1 heterocycles. The summed E-state index contributed by atoms with van der Waals surface area (Å²) in [6, 6.07) is 11.9. The first kappa shape index (κ1) is 21.4. The van der Waals surface area contributed by atoms with Gasteiger partial charge in [0.05, 0.1) is 11.4 Å². The third kappa shape index (κ3) is 5.16. The van der Waals surface area contributed by atoms with E-state index in [9.17, 15) is 22.4 Å². The number of nitrogens with one attached hydrogen (secondary N) is 1. The number of benzene rings is 2. The number of hydrogen-bond donors (Lipinski definition) is 1. The summed E-state index contributed by atoms with van der Waals surface area (Å²) < 4.78 is 55.7. The van der Waals surface area contributed by atoms with Crippen LogP contribution in [0.25, 0.3) is 5.69 Å². The third-order valence-corrected chi connectivity index (χ3v) is 4.12. The largest absolute Gasteiger partial charge is 0.573 e. The number of halogens is 4. The molecular formula is C21H19F4N3O2. The summed E-state index contributed by atoms with van der Waals surface area (Å²) in [7, 11) is 0. The lowest BCUT2D eigenvalue weighted by Crippen LogP contribution is -2.18. The van der Waals surface area contributed by atoms with Crippen molar-refractivity contribution < 1.29 is 27.1 Å². The normalized spacial score (nSPS) is 12.0. The van der Waals surface area contributed by atoms with Gasteiger partial charge in [0.25, 0.3) is 5.91 Å². The molecule has 0 bridgehead atoms. The van der Waals surface area contributed by atoms with Crippen molar-refractivity contribution in [3.63, 3.8) is 0 Å². The molecule has 0 aliphatic rings. The van der Waals surface area contributed by atoms with Gasteiger partial charge in [0.2, 0.25) is 0 Å². The lowest BCUT2D eigenvalue weighted by Gasteiger charge is -2.14. The minimum Gasteiger partial charge on any atom is -0.406 e. The summed E-state index contributed by atoms with van der Waals surface area (Å²) in [5.41, 5.74) is 0.855. The van der Waals surface area contributed by atoms with E-state index >= 15 is 0 Å². The molecule has 3 rings (SSSR count). The van der Waals surface area contributed by atoms with Crippen LogP contribution in [0.15, 0.2) is 54.6 Å². The van der Waals surface area contributed by atoms with Crippen LogP contribution < -0.4 is 10.1 Å². The molecule has 5 nitrogen and oxygen atoms in total. The minimum atomic E-state index is -4.81. The van der Waals surface area contributed by atoms with Crippen molar-refractivity contribution in [3.05, 3.63) is 71.7 Å². The van der Waals surface area contributed by atoms with E-state index in [1.165, 1.54) is 35.0 Å². The number of anilines is 1. The smallest absolute Gasteiger partial charge is 0.406 e. The molecule has 158 valence electrons. The van der Waals surface area contributed by atoms with Crippen LogP contribution in [0.2, 0.25) is 0 Å². The van der Waals surface area contributed by atoms with Crippen LogP contribution in [0.5, 0.6) is 5.75 Å². The maximum absolute atomic E-state index is 13.7. The number of rotatable bonds is 4. The average molecular weight is 421 g/mol. The molecule has 0 aliphatic carbocycles. The lowest BCUT2D eigenvalue weighted by molar-refractivity contribution is -0.274. The Balaban J connectivity index is 1.90. The zero-order valence-corrected chi connectivity index (χ0v) is 16.4. The fourth-order valence-electron chi connectivity index (χ4n) is 2.64. The molecule has 2 aromatic carbocycles. The standard InChI is InChI=1S/C21H19F4N3O2/c1-20(2,3)17-12-18(28(27-17)15-6-4-5-14(22)11-15)26-19(29)13-7-9-16(10-8-13)30-21(23,24)25/h4-12H,1-3H3,(H,26,29). The Hall–Kier alpha value is -3.36. The monoisotopic (exact) mass is 421 g/mol. The van der Waals surface area contributed by atoms with Gasteiger partial charge in [-0.05, 0) is 42.5 Å². The van der Waals surface area contributed by atoms with Crippen molar-refractivity contribution in [3.8, 4) is 11.4 Å². The van der Waals surface area contributed by atoms with Crippen molar-refractivity contribution in [1.29, 1.82) is 0 Å². The highest BCUT2D eigenvalue weighted by Crippen LogP contribution is 2.27. The number of nitrogens with zero attached hydrogens (tertiary/aromatic N) is 2. The van der Waals surface area contributed by atoms with Crippen LogP contribution >= 0.6 is 0 Å².